The normalized spacial score (nSPS) is 11.4. The van der Waals surface area contributed by atoms with Crippen molar-refractivity contribution in [2.75, 3.05) is 19.0 Å². The molecular formula is C19H20ClNO5. The summed E-state index contributed by atoms with van der Waals surface area (Å²) < 4.78 is 15.6. The Morgan fingerprint density at radius 1 is 1.15 bits per heavy atom. The van der Waals surface area contributed by atoms with Crippen LogP contribution in [-0.2, 0) is 9.53 Å². The lowest BCUT2D eigenvalue weighted by atomic mass is 10.2. The number of carbonyl (C=O) groups is 2. The highest BCUT2D eigenvalue weighted by atomic mass is 35.5. The van der Waals surface area contributed by atoms with Gasteiger partial charge in [-0.1, -0.05) is 17.7 Å². The number of ether oxygens (including phenoxy) is 3. The maximum absolute atomic E-state index is 12.3. The van der Waals surface area contributed by atoms with Crippen LogP contribution in [0.4, 0.5) is 5.69 Å². The van der Waals surface area contributed by atoms with Gasteiger partial charge in [0.25, 0.3) is 5.91 Å². The third kappa shape index (κ3) is 5.13. The number of rotatable bonds is 7. The maximum Gasteiger partial charge on any atom is 0.338 e. The van der Waals surface area contributed by atoms with Crippen molar-refractivity contribution in [2.24, 2.45) is 0 Å². The average molecular weight is 378 g/mol. The fraction of sp³-hybridized carbons (Fsp3) is 0.263. The van der Waals surface area contributed by atoms with Crippen molar-refractivity contribution in [3.05, 3.63) is 53.1 Å². The molecule has 2 aromatic carbocycles. The van der Waals surface area contributed by atoms with Gasteiger partial charge in [0.05, 0.1) is 30.0 Å². The summed E-state index contributed by atoms with van der Waals surface area (Å²) >= 11 is 6.14. The van der Waals surface area contributed by atoms with Crippen molar-refractivity contribution in [3.8, 4) is 11.5 Å². The van der Waals surface area contributed by atoms with Gasteiger partial charge < -0.3 is 19.5 Å². The number of esters is 1. The van der Waals surface area contributed by atoms with Crippen LogP contribution in [0, 0.1) is 0 Å². The van der Waals surface area contributed by atoms with Gasteiger partial charge in [0.2, 0.25) is 0 Å². The first kappa shape index (κ1) is 19.6. The first-order chi connectivity index (χ1) is 12.4. The largest absolute Gasteiger partial charge is 0.497 e. The molecule has 6 nitrogen and oxygen atoms in total. The monoisotopic (exact) mass is 377 g/mol. The standard InChI is InChI=1S/C19H20ClNO5/c1-4-25-19(23)13-8-9-17(16(20)10-13)21-18(22)12(2)26-15-7-5-6-14(11-15)24-3/h5-12H,4H2,1-3H3,(H,21,22)/t12-/m0/s1. The van der Waals surface area contributed by atoms with E-state index in [1.165, 1.54) is 12.1 Å². The van der Waals surface area contributed by atoms with Gasteiger partial charge in [0.1, 0.15) is 11.5 Å². The number of nitrogens with one attached hydrogen (secondary N) is 1. The summed E-state index contributed by atoms with van der Waals surface area (Å²) in [4.78, 5) is 24.0. The van der Waals surface area contributed by atoms with Crippen molar-refractivity contribution in [1.29, 1.82) is 0 Å². The number of methoxy groups -OCH3 is 1. The molecule has 0 aliphatic carbocycles. The molecule has 0 aliphatic heterocycles. The number of hydrogen-bond donors (Lipinski definition) is 1. The lowest BCUT2D eigenvalue weighted by Crippen LogP contribution is -2.30. The van der Waals surface area contributed by atoms with E-state index in [4.69, 9.17) is 25.8 Å². The lowest BCUT2D eigenvalue weighted by molar-refractivity contribution is -0.122. The van der Waals surface area contributed by atoms with Crippen LogP contribution >= 0.6 is 11.6 Å². The summed E-state index contributed by atoms with van der Waals surface area (Å²) in [7, 11) is 1.55. The Kier molecular flexibility index (Phi) is 6.86. The van der Waals surface area contributed by atoms with Crippen molar-refractivity contribution >= 4 is 29.2 Å². The highest BCUT2D eigenvalue weighted by molar-refractivity contribution is 6.34. The van der Waals surface area contributed by atoms with Gasteiger partial charge in [-0.2, -0.15) is 0 Å². The molecule has 0 aliphatic rings. The average Bonchev–Trinajstić information content (AvgIpc) is 2.63. The SMILES string of the molecule is CCOC(=O)c1ccc(NC(=O)[C@H](C)Oc2cccc(OC)c2)c(Cl)c1. The zero-order valence-electron chi connectivity index (χ0n) is 14.7. The summed E-state index contributed by atoms with van der Waals surface area (Å²) in [5, 5.41) is 2.91. The number of hydrogen-bond acceptors (Lipinski definition) is 5. The zero-order chi connectivity index (χ0) is 19.1. The van der Waals surface area contributed by atoms with E-state index in [0.29, 0.717) is 22.7 Å². The van der Waals surface area contributed by atoms with Gasteiger partial charge in [0, 0.05) is 6.07 Å². The second-order valence-corrected chi connectivity index (χ2v) is 5.75. The van der Waals surface area contributed by atoms with Crippen LogP contribution in [-0.4, -0.2) is 31.7 Å². The van der Waals surface area contributed by atoms with Crippen LogP contribution in [0.1, 0.15) is 24.2 Å². The first-order valence-electron chi connectivity index (χ1n) is 8.02. The van der Waals surface area contributed by atoms with Crippen LogP contribution in [0.3, 0.4) is 0 Å². The molecule has 0 radical (unpaired) electrons. The predicted octanol–water partition coefficient (Wildman–Crippen LogP) is 3.93. The Morgan fingerprint density at radius 2 is 1.88 bits per heavy atom. The fourth-order valence-electron chi connectivity index (χ4n) is 2.12. The van der Waals surface area contributed by atoms with Crippen LogP contribution in [0.25, 0.3) is 0 Å². The molecule has 7 heteroatoms. The van der Waals surface area contributed by atoms with E-state index in [-0.39, 0.29) is 17.5 Å². The van der Waals surface area contributed by atoms with E-state index in [1.807, 2.05) is 0 Å². The minimum Gasteiger partial charge on any atom is -0.497 e. The molecule has 1 atom stereocenters. The van der Waals surface area contributed by atoms with Crippen molar-refractivity contribution in [2.45, 2.75) is 20.0 Å². The molecule has 26 heavy (non-hydrogen) atoms. The van der Waals surface area contributed by atoms with Crippen LogP contribution < -0.4 is 14.8 Å². The molecule has 0 spiro atoms. The van der Waals surface area contributed by atoms with Gasteiger partial charge in [0.15, 0.2) is 6.10 Å². The maximum atomic E-state index is 12.3. The second kappa shape index (κ2) is 9.10. The third-order valence-electron chi connectivity index (χ3n) is 3.46. The van der Waals surface area contributed by atoms with Gasteiger partial charge >= 0.3 is 5.97 Å². The summed E-state index contributed by atoms with van der Waals surface area (Å²) in [5.41, 5.74) is 0.696. The number of carbonyl (C=O) groups excluding carboxylic acids is 2. The van der Waals surface area contributed by atoms with E-state index in [1.54, 1.807) is 51.3 Å². The molecule has 2 aromatic rings. The van der Waals surface area contributed by atoms with Gasteiger partial charge in [-0.05, 0) is 44.2 Å². The molecule has 1 N–H and O–H groups in total. The molecule has 0 aromatic heterocycles. The molecule has 0 unspecified atom stereocenters. The highest BCUT2D eigenvalue weighted by Gasteiger charge is 2.17. The minimum atomic E-state index is -0.761. The Morgan fingerprint density at radius 3 is 2.54 bits per heavy atom. The predicted molar refractivity (Wildman–Crippen MR) is 99.1 cm³/mol. The molecule has 0 heterocycles. The third-order valence-corrected chi connectivity index (χ3v) is 3.77. The molecule has 0 fully saturated rings. The minimum absolute atomic E-state index is 0.234. The summed E-state index contributed by atoms with van der Waals surface area (Å²) in [6.45, 7) is 3.61. The van der Waals surface area contributed by atoms with Crippen molar-refractivity contribution in [1.82, 2.24) is 0 Å². The summed E-state index contributed by atoms with van der Waals surface area (Å²) in [6, 6.07) is 11.5. The second-order valence-electron chi connectivity index (χ2n) is 5.34. The summed E-state index contributed by atoms with van der Waals surface area (Å²) in [6.07, 6.45) is -0.761. The van der Waals surface area contributed by atoms with E-state index in [9.17, 15) is 9.59 Å². The molecule has 2 rings (SSSR count). The zero-order valence-corrected chi connectivity index (χ0v) is 15.5. The molecule has 0 saturated heterocycles. The Balaban J connectivity index is 2.03. The highest BCUT2D eigenvalue weighted by Crippen LogP contribution is 2.24. The molecule has 0 saturated carbocycles. The number of benzene rings is 2. The Hall–Kier alpha value is -2.73. The Bertz CT molecular complexity index is 793. The van der Waals surface area contributed by atoms with E-state index >= 15 is 0 Å². The number of amides is 1. The van der Waals surface area contributed by atoms with Gasteiger partial charge in [-0.15, -0.1) is 0 Å². The van der Waals surface area contributed by atoms with E-state index in [2.05, 4.69) is 5.32 Å². The van der Waals surface area contributed by atoms with Crippen molar-refractivity contribution in [3.63, 3.8) is 0 Å². The molecule has 1 amide bonds. The van der Waals surface area contributed by atoms with Gasteiger partial charge in [-0.3, -0.25) is 4.79 Å². The van der Waals surface area contributed by atoms with Crippen LogP contribution in [0.5, 0.6) is 11.5 Å². The lowest BCUT2D eigenvalue weighted by Gasteiger charge is -2.16. The quantitative estimate of drug-likeness (QED) is 0.740. The van der Waals surface area contributed by atoms with Crippen molar-refractivity contribution < 1.29 is 23.8 Å². The van der Waals surface area contributed by atoms with Crippen LogP contribution in [0.2, 0.25) is 5.02 Å². The smallest absolute Gasteiger partial charge is 0.338 e. The molecule has 0 bridgehead atoms. The number of anilines is 1. The fourth-order valence-corrected chi connectivity index (χ4v) is 2.35. The first-order valence-corrected chi connectivity index (χ1v) is 8.40. The summed E-state index contributed by atoms with van der Waals surface area (Å²) in [5.74, 6) is 0.295. The Labute approximate surface area is 157 Å². The number of halogens is 1. The van der Waals surface area contributed by atoms with E-state index < -0.39 is 12.1 Å². The molecular weight excluding hydrogens is 358 g/mol. The topological polar surface area (TPSA) is 73.9 Å². The van der Waals surface area contributed by atoms with Gasteiger partial charge in [-0.25, -0.2) is 4.79 Å². The van der Waals surface area contributed by atoms with E-state index in [0.717, 1.165) is 0 Å². The molecule has 138 valence electrons. The van der Waals surface area contributed by atoms with Crippen LogP contribution in [0.15, 0.2) is 42.5 Å².